The Kier molecular flexibility index (Phi) is 5.26. The maximum Gasteiger partial charge on any atom is 0.260 e. The van der Waals surface area contributed by atoms with Crippen LogP contribution in [0.2, 0.25) is 0 Å². The van der Waals surface area contributed by atoms with Crippen molar-refractivity contribution in [2.75, 3.05) is 7.11 Å². The van der Waals surface area contributed by atoms with Crippen LogP contribution in [0, 0.1) is 5.82 Å². The molecule has 0 N–H and O–H groups in total. The molecule has 0 bridgehead atoms. The van der Waals surface area contributed by atoms with Gasteiger partial charge in [-0.2, -0.15) is 5.10 Å². The zero-order chi connectivity index (χ0) is 22.9. The van der Waals surface area contributed by atoms with E-state index < -0.39 is 5.82 Å². The molecule has 2 aromatic heterocycles. The number of aromatic nitrogens is 3. The second kappa shape index (κ2) is 8.38. The predicted molar refractivity (Wildman–Crippen MR) is 119 cm³/mol. The van der Waals surface area contributed by atoms with E-state index in [2.05, 4.69) is 10.1 Å². The fourth-order valence-corrected chi connectivity index (χ4v) is 3.92. The van der Waals surface area contributed by atoms with Crippen LogP contribution in [-0.4, -0.2) is 32.7 Å². The Bertz CT molecular complexity index is 1330. The molecule has 0 atom stereocenters. The summed E-state index contributed by atoms with van der Waals surface area (Å²) in [5.41, 5.74) is 4.21. The van der Waals surface area contributed by atoms with Crippen LogP contribution in [0.15, 0.2) is 67.1 Å². The molecule has 1 aliphatic rings. The summed E-state index contributed by atoms with van der Waals surface area (Å²) in [6, 6.07) is 14.2. The molecule has 7 nitrogen and oxygen atoms in total. The minimum Gasteiger partial charge on any atom is -0.493 e. The third kappa shape index (κ3) is 3.91. The second-order valence-electron chi connectivity index (χ2n) is 7.78. The largest absolute Gasteiger partial charge is 0.493 e. The summed E-state index contributed by atoms with van der Waals surface area (Å²) >= 11 is 0. The average molecular weight is 444 g/mol. The lowest BCUT2D eigenvalue weighted by Gasteiger charge is -2.16. The Balaban J connectivity index is 1.37. The number of ether oxygens (including phenoxy) is 2. The molecule has 0 radical (unpaired) electrons. The number of pyridine rings is 1. The molecule has 1 amide bonds. The Hall–Kier alpha value is -4.20. The van der Waals surface area contributed by atoms with Gasteiger partial charge in [0.15, 0.2) is 11.6 Å². The number of rotatable bonds is 6. The number of benzene rings is 2. The molecule has 0 saturated carbocycles. The van der Waals surface area contributed by atoms with Gasteiger partial charge in [-0.05, 0) is 34.9 Å². The lowest BCUT2D eigenvalue weighted by atomic mass is 10.1. The van der Waals surface area contributed by atoms with Gasteiger partial charge in [-0.1, -0.05) is 30.3 Å². The number of nitrogens with zero attached hydrogens (tertiary/aromatic N) is 4. The van der Waals surface area contributed by atoms with Crippen molar-refractivity contribution in [3.8, 4) is 28.5 Å². The topological polar surface area (TPSA) is 69.5 Å². The number of carbonyl (C=O) groups is 1. The van der Waals surface area contributed by atoms with Crippen LogP contribution in [0.3, 0.4) is 0 Å². The zero-order valence-corrected chi connectivity index (χ0v) is 18.2. The first-order valence-corrected chi connectivity index (χ1v) is 10.4. The van der Waals surface area contributed by atoms with Gasteiger partial charge < -0.3 is 14.4 Å². The summed E-state index contributed by atoms with van der Waals surface area (Å²) in [7, 11) is 3.31. The number of para-hydroxylation sites is 1. The number of hydrogen-bond acceptors (Lipinski definition) is 5. The number of hydrogen-bond donors (Lipinski definition) is 0. The summed E-state index contributed by atoms with van der Waals surface area (Å²) in [6.45, 7) is 0.856. The molecule has 8 heteroatoms. The second-order valence-corrected chi connectivity index (χ2v) is 7.78. The van der Waals surface area contributed by atoms with Gasteiger partial charge in [0.05, 0.1) is 13.3 Å². The molecule has 0 unspecified atom stereocenters. The van der Waals surface area contributed by atoms with E-state index in [0.717, 1.165) is 22.3 Å². The van der Waals surface area contributed by atoms with Gasteiger partial charge in [-0.15, -0.1) is 0 Å². The number of amides is 1. The van der Waals surface area contributed by atoms with Gasteiger partial charge in [-0.3, -0.25) is 9.48 Å². The van der Waals surface area contributed by atoms with E-state index >= 15 is 0 Å². The van der Waals surface area contributed by atoms with Gasteiger partial charge in [0.1, 0.15) is 5.56 Å². The Morgan fingerprint density at radius 3 is 2.64 bits per heavy atom. The van der Waals surface area contributed by atoms with Crippen LogP contribution in [0.5, 0.6) is 17.4 Å². The van der Waals surface area contributed by atoms with Crippen LogP contribution in [-0.2, 0) is 20.1 Å². The van der Waals surface area contributed by atoms with Crippen molar-refractivity contribution in [1.82, 2.24) is 19.7 Å². The molecule has 0 aliphatic carbocycles. The molecular weight excluding hydrogens is 423 g/mol. The average Bonchev–Trinajstić information content (AvgIpc) is 3.39. The fourth-order valence-electron chi connectivity index (χ4n) is 3.92. The minimum absolute atomic E-state index is 0.0651. The first-order valence-electron chi connectivity index (χ1n) is 10.4. The third-order valence-corrected chi connectivity index (χ3v) is 5.58. The molecule has 0 saturated heterocycles. The van der Waals surface area contributed by atoms with Crippen molar-refractivity contribution in [3.05, 3.63) is 89.6 Å². The van der Waals surface area contributed by atoms with Gasteiger partial charge in [0, 0.05) is 38.1 Å². The summed E-state index contributed by atoms with van der Waals surface area (Å²) in [4.78, 5) is 19.1. The molecule has 0 spiro atoms. The molecule has 166 valence electrons. The molecule has 33 heavy (non-hydrogen) atoms. The lowest BCUT2D eigenvalue weighted by Crippen LogP contribution is -2.23. The van der Waals surface area contributed by atoms with Crippen molar-refractivity contribution in [3.63, 3.8) is 0 Å². The van der Waals surface area contributed by atoms with Crippen molar-refractivity contribution in [2.45, 2.75) is 13.1 Å². The summed E-state index contributed by atoms with van der Waals surface area (Å²) in [5, 5.41) is 4.20. The summed E-state index contributed by atoms with van der Waals surface area (Å²) < 4.78 is 27.1. The highest BCUT2D eigenvalue weighted by molar-refractivity contribution is 6.00. The van der Waals surface area contributed by atoms with E-state index in [1.54, 1.807) is 27.9 Å². The van der Waals surface area contributed by atoms with Crippen molar-refractivity contribution in [2.24, 2.45) is 7.05 Å². The highest BCUT2D eigenvalue weighted by Gasteiger charge is 2.32. The standard InChI is InChI=1S/C25H21FN4O3/c1-29-14-19(12-28-29)17-8-6-16(7-9-17)13-30-15-18-10-11-27-24(22(18)25(30)31)33-23-20(26)4-3-5-21(23)32-2/h3-12,14H,13,15H2,1-2H3. The molecule has 1 aliphatic heterocycles. The number of fused-ring (bicyclic) bond motifs is 1. The molecule has 0 fully saturated rings. The number of methoxy groups -OCH3 is 1. The van der Waals surface area contributed by atoms with Gasteiger partial charge in [0.2, 0.25) is 11.6 Å². The number of aryl methyl sites for hydroxylation is 1. The van der Waals surface area contributed by atoms with E-state index in [9.17, 15) is 9.18 Å². The predicted octanol–water partition coefficient (Wildman–Crippen LogP) is 4.58. The molecule has 3 heterocycles. The zero-order valence-electron chi connectivity index (χ0n) is 18.2. The maximum atomic E-state index is 14.4. The normalized spacial score (nSPS) is 12.7. The number of carbonyl (C=O) groups excluding carboxylic acids is 1. The summed E-state index contributed by atoms with van der Waals surface area (Å²) in [6.07, 6.45) is 5.32. The molecule has 2 aromatic carbocycles. The van der Waals surface area contributed by atoms with E-state index in [0.29, 0.717) is 18.7 Å². The fraction of sp³-hybridized carbons (Fsp3) is 0.160. The van der Waals surface area contributed by atoms with Crippen LogP contribution < -0.4 is 9.47 Å². The minimum atomic E-state index is -0.593. The van der Waals surface area contributed by atoms with E-state index in [-0.39, 0.29) is 23.3 Å². The SMILES string of the molecule is COc1cccc(F)c1Oc1nccc2c1C(=O)N(Cc1ccc(-c3cnn(C)c3)cc1)C2. The first-order chi connectivity index (χ1) is 16.0. The maximum absolute atomic E-state index is 14.4. The first kappa shape index (κ1) is 20.7. The van der Waals surface area contributed by atoms with Crippen molar-refractivity contribution >= 4 is 5.91 Å². The molecular formula is C25H21FN4O3. The van der Waals surface area contributed by atoms with E-state index in [1.807, 2.05) is 43.7 Å². The monoisotopic (exact) mass is 444 g/mol. The van der Waals surface area contributed by atoms with Crippen LogP contribution in [0.25, 0.3) is 11.1 Å². The lowest BCUT2D eigenvalue weighted by molar-refractivity contribution is 0.0764. The van der Waals surface area contributed by atoms with E-state index in [4.69, 9.17) is 9.47 Å². The molecule has 5 rings (SSSR count). The van der Waals surface area contributed by atoms with Crippen molar-refractivity contribution < 1.29 is 18.7 Å². The smallest absolute Gasteiger partial charge is 0.260 e. The number of halogens is 1. The Labute approximate surface area is 190 Å². The van der Waals surface area contributed by atoms with Gasteiger partial charge in [-0.25, -0.2) is 9.37 Å². The van der Waals surface area contributed by atoms with Crippen LogP contribution in [0.1, 0.15) is 21.5 Å². The quantitative estimate of drug-likeness (QED) is 0.436. The summed E-state index contributed by atoms with van der Waals surface area (Å²) in [5.74, 6) is -0.608. The highest BCUT2D eigenvalue weighted by atomic mass is 19.1. The van der Waals surface area contributed by atoms with Crippen molar-refractivity contribution in [1.29, 1.82) is 0 Å². The third-order valence-electron chi connectivity index (χ3n) is 5.58. The van der Waals surface area contributed by atoms with Gasteiger partial charge >= 0.3 is 0 Å². The highest BCUT2D eigenvalue weighted by Crippen LogP contribution is 2.37. The van der Waals surface area contributed by atoms with Crippen LogP contribution >= 0.6 is 0 Å². The Morgan fingerprint density at radius 1 is 1.09 bits per heavy atom. The van der Waals surface area contributed by atoms with E-state index in [1.165, 1.54) is 19.2 Å². The molecule has 4 aromatic rings. The van der Waals surface area contributed by atoms with Gasteiger partial charge in [0.25, 0.3) is 5.91 Å². The van der Waals surface area contributed by atoms with Crippen LogP contribution in [0.4, 0.5) is 4.39 Å². The Morgan fingerprint density at radius 2 is 1.91 bits per heavy atom.